The average molecular weight is 431 g/mol. The van der Waals surface area contributed by atoms with Gasteiger partial charge < -0.3 is 10.5 Å². The number of fused-ring (bicyclic) bond motifs is 1. The van der Waals surface area contributed by atoms with E-state index in [1.54, 1.807) is 25.3 Å². The van der Waals surface area contributed by atoms with Crippen LogP contribution in [-0.2, 0) is 10.0 Å². The van der Waals surface area contributed by atoms with Gasteiger partial charge in [-0.1, -0.05) is 18.2 Å². The van der Waals surface area contributed by atoms with E-state index in [0.717, 1.165) is 21.2 Å². The number of carbonyl (C=O) groups excluding carboxylic acids is 1. The fourth-order valence-electron chi connectivity index (χ4n) is 4.00. The van der Waals surface area contributed by atoms with Gasteiger partial charge in [0.05, 0.1) is 16.9 Å². The number of hydrogen-bond acceptors (Lipinski definition) is 5. The molecule has 1 unspecified atom stereocenters. The van der Waals surface area contributed by atoms with Crippen molar-refractivity contribution in [3.05, 3.63) is 58.5 Å². The molecular weight excluding hydrogens is 408 g/mol. The smallest absolute Gasteiger partial charge is 0.259 e. The number of ether oxygens (including phenoxy) is 1. The highest BCUT2D eigenvalue weighted by Gasteiger charge is 2.36. The largest absolute Gasteiger partial charge is 0.496 e. The highest BCUT2D eigenvalue weighted by atomic mass is 32.2. The minimum Gasteiger partial charge on any atom is -0.496 e. The predicted octanol–water partition coefficient (Wildman–Crippen LogP) is 3.50. The zero-order valence-electron chi connectivity index (χ0n) is 16.2. The van der Waals surface area contributed by atoms with Gasteiger partial charge >= 0.3 is 0 Å². The summed E-state index contributed by atoms with van der Waals surface area (Å²) in [7, 11) is -2.07. The Bertz CT molecular complexity index is 1200. The first-order valence-corrected chi connectivity index (χ1v) is 11.5. The van der Waals surface area contributed by atoms with E-state index in [4.69, 9.17) is 10.5 Å². The molecular formula is C21H22N2O4S2. The molecule has 3 aromatic rings. The van der Waals surface area contributed by atoms with Crippen LogP contribution in [0.5, 0.6) is 5.75 Å². The molecule has 1 fully saturated rings. The molecule has 4 rings (SSSR count). The molecule has 0 radical (unpaired) electrons. The van der Waals surface area contributed by atoms with Crippen LogP contribution < -0.4 is 10.5 Å². The highest BCUT2D eigenvalue weighted by Crippen LogP contribution is 2.41. The number of aryl methyl sites for hydroxylation is 1. The topological polar surface area (TPSA) is 89.7 Å². The first kappa shape index (κ1) is 19.9. The van der Waals surface area contributed by atoms with Crippen LogP contribution in [0.25, 0.3) is 10.1 Å². The van der Waals surface area contributed by atoms with Crippen LogP contribution in [0.15, 0.2) is 47.4 Å². The molecule has 6 nitrogen and oxygen atoms in total. The summed E-state index contributed by atoms with van der Waals surface area (Å²) in [6.45, 7) is 2.55. The Kier molecular flexibility index (Phi) is 5.10. The van der Waals surface area contributed by atoms with E-state index >= 15 is 0 Å². The van der Waals surface area contributed by atoms with Crippen LogP contribution in [0, 0.1) is 6.92 Å². The number of carbonyl (C=O) groups is 1. The Morgan fingerprint density at radius 1 is 1.24 bits per heavy atom. The summed E-state index contributed by atoms with van der Waals surface area (Å²) in [6.07, 6.45) is 0.648. The summed E-state index contributed by atoms with van der Waals surface area (Å²) in [6, 6.07) is 12.7. The summed E-state index contributed by atoms with van der Waals surface area (Å²) in [5.74, 6) is 0.121. The van der Waals surface area contributed by atoms with Gasteiger partial charge in [0.25, 0.3) is 5.91 Å². The summed E-state index contributed by atoms with van der Waals surface area (Å²) in [5.41, 5.74) is 7.27. The second-order valence-corrected chi connectivity index (χ2v) is 10.2. The van der Waals surface area contributed by atoms with Crippen molar-refractivity contribution in [2.24, 2.45) is 5.73 Å². The van der Waals surface area contributed by atoms with Crippen LogP contribution in [0.1, 0.15) is 33.1 Å². The Morgan fingerprint density at radius 3 is 2.69 bits per heavy atom. The molecule has 2 N–H and O–H groups in total. The van der Waals surface area contributed by atoms with Gasteiger partial charge in [-0.05, 0) is 54.1 Å². The molecule has 29 heavy (non-hydrogen) atoms. The fourth-order valence-corrected chi connectivity index (χ4v) is 6.72. The third-order valence-electron chi connectivity index (χ3n) is 5.42. The van der Waals surface area contributed by atoms with Gasteiger partial charge in [0.15, 0.2) is 0 Å². The molecule has 2 heterocycles. The van der Waals surface area contributed by atoms with Crippen molar-refractivity contribution in [1.29, 1.82) is 0 Å². The highest BCUT2D eigenvalue weighted by molar-refractivity contribution is 7.89. The quantitative estimate of drug-likeness (QED) is 0.671. The lowest BCUT2D eigenvalue weighted by atomic mass is 9.95. The van der Waals surface area contributed by atoms with Gasteiger partial charge in [0, 0.05) is 23.7 Å². The van der Waals surface area contributed by atoms with Gasteiger partial charge in [0.2, 0.25) is 10.0 Å². The van der Waals surface area contributed by atoms with E-state index < -0.39 is 15.9 Å². The molecule has 0 bridgehead atoms. The van der Waals surface area contributed by atoms with E-state index in [0.29, 0.717) is 30.1 Å². The van der Waals surface area contributed by atoms with Crippen LogP contribution in [0.2, 0.25) is 0 Å². The van der Waals surface area contributed by atoms with E-state index in [-0.39, 0.29) is 10.8 Å². The zero-order chi connectivity index (χ0) is 20.8. The Hall–Kier alpha value is -2.42. The lowest BCUT2D eigenvalue weighted by molar-refractivity contribution is 0.100. The standard InChI is InChI=1S/C21H22N2O4S2/c1-13-11-15(7-8-17(13)27-2)29(25,26)23-10-9-14(12-23)19-16-5-3-4-6-18(16)28-20(19)21(22)24/h3-8,11,14H,9-10,12H2,1-2H3,(H2,22,24). The number of rotatable bonds is 5. The minimum absolute atomic E-state index is 0.0669. The number of methoxy groups -OCH3 is 1. The van der Waals surface area contributed by atoms with Crippen molar-refractivity contribution < 1.29 is 17.9 Å². The van der Waals surface area contributed by atoms with E-state index in [2.05, 4.69) is 0 Å². The lowest BCUT2D eigenvalue weighted by Crippen LogP contribution is -2.29. The number of thiophene rings is 1. The SMILES string of the molecule is COc1ccc(S(=O)(=O)N2CCC(c3c(C(N)=O)sc4ccccc34)C2)cc1C. The van der Waals surface area contributed by atoms with Crippen molar-refractivity contribution in [3.8, 4) is 5.75 Å². The van der Waals surface area contributed by atoms with Gasteiger partial charge in [-0.3, -0.25) is 4.79 Å². The first-order valence-electron chi connectivity index (χ1n) is 9.29. The predicted molar refractivity (Wildman–Crippen MR) is 114 cm³/mol. The summed E-state index contributed by atoms with van der Waals surface area (Å²) >= 11 is 1.37. The summed E-state index contributed by atoms with van der Waals surface area (Å²) < 4.78 is 34.1. The van der Waals surface area contributed by atoms with E-state index in [1.165, 1.54) is 15.6 Å². The summed E-state index contributed by atoms with van der Waals surface area (Å²) in [5, 5.41) is 0.982. The maximum atomic E-state index is 13.2. The van der Waals surface area contributed by atoms with Gasteiger partial charge in [-0.15, -0.1) is 11.3 Å². The minimum atomic E-state index is -3.63. The number of amides is 1. The number of hydrogen-bond donors (Lipinski definition) is 1. The first-order chi connectivity index (χ1) is 13.8. The molecule has 1 aromatic heterocycles. The molecule has 0 aliphatic carbocycles. The number of sulfonamides is 1. The molecule has 0 spiro atoms. The Morgan fingerprint density at radius 2 is 2.00 bits per heavy atom. The van der Waals surface area contributed by atoms with Crippen LogP contribution >= 0.6 is 11.3 Å². The third-order valence-corrected chi connectivity index (χ3v) is 8.48. The fraction of sp³-hybridized carbons (Fsp3) is 0.286. The molecule has 0 saturated carbocycles. The summed E-state index contributed by atoms with van der Waals surface area (Å²) in [4.78, 5) is 12.8. The Balaban J connectivity index is 1.68. The van der Waals surface area contributed by atoms with Crippen molar-refractivity contribution >= 4 is 37.4 Å². The maximum absolute atomic E-state index is 13.2. The molecule has 2 aromatic carbocycles. The Labute approximate surface area is 173 Å². The number of nitrogens with zero attached hydrogens (tertiary/aromatic N) is 1. The van der Waals surface area contributed by atoms with Gasteiger partial charge in [-0.25, -0.2) is 8.42 Å². The molecule has 1 atom stereocenters. The lowest BCUT2D eigenvalue weighted by Gasteiger charge is -2.18. The van der Waals surface area contributed by atoms with Crippen molar-refractivity contribution in [1.82, 2.24) is 4.31 Å². The van der Waals surface area contributed by atoms with Crippen molar-refractivity contribution in [2.45, 2.75) is 24.2 Å². The van der Waals surface area contributed by atoms with Crippen LogP contribution in [0.4, 0.5) is 0 Å². The van der Waals surface area contributed by atoms with Gasteiger partial charge in [-0.2, -0.15) is 4.31 Å². The molecule has 1 aliphatic rings. The monoisotopic (exact) mass is 430 g/mol. The van der Waals surface area contributed by atoms with E-state index in [9.17, 15) is 13.2 Å². The normalized spacial score (nSPS) is 17.7. The van der Waals surface area contributed by atoms with E-state index in [1.807, 2.05) is 31.2 Å². The molecule has 1 amide bonds. The molecule has 1 saturated heterocycles. The van der Waals surface area contributed by atoms with Crippen molar-refractivity contribution in [2.75, 3.05) is 20.2 Å². The maximum Gasteiger partial charge on any atom is 0.259 e. The molecule has 1 aliphatic heterocycles. The molecule has 152 valence electrons. The second kappa shape index (κ2) is 7.44. The number of primary amides is 1. The van der Waals surface area contributed by atoms with Gasteiger partial charge in [0.1, 0.15) is 5.75 Å². The third kappa shape index (κ3) is 3.41. The number of benzene rings is 2. The average Bonchev–Trinajstić information content (AvgIpc) is 3.32. The molecule has 8 heteroatoms. The van der Waals surface area contributed by atoms with Crippen LogP contribution in [-0.4, -0.2) is 38.8 Å². The van der Waals surface area contributed by atoms with Crippen molar-refractivity contribution in [3.63, 3.8) is 0 Å². The zero-order valence-corrected chi connectivity index (χ0v) is 17.8. The number of nitrogens with two attached hydrogens (primary N) is 1. The van der Waals surface area contributed by atoms with Crippen LogP contribution in [0.3, 0.4) is 0 Å². The second-order valence-electron chi connectivity index (χ2n) is 7.19.